The highest BCUT2D eigenvalue weighted by atomic mass is 35.5. The van der Waals surface area contributed by atoms with Crippen LogP contribution in [0.4, 0.5) is 4.39 Å². The average Bonchev–Trinajstić information content (AvgIpc) is 2.88. The summed E-state index contributed by atoms with van der Waals surface area (Å²) >= 11 is 6.48. The number of unbranched alkanes of at least 4 members (excludes halogenated alkanes) is 4. The van der Waals surface area contributed by atoms with Gasteiger partial charge in [0.1, 0.15) is 11.9 Å². The third kappa shape index (κ3) is 8.52. The molecular formula is C30H40ClFO3. The predicted molar refractivity (Wildman–Crippen MR) is 142 cm³/mol. The summed E-state index contributed by atoms with van der Waals surface area (Å²) in [6.07, 6.45) is 8.34. The lowest BCUT2D eigenvalue weighted by Gasteiger charge is -2.29. The number of rotatable bonds is 13. The molecule has 0 aromatic heterocycles. The molecule has 0 saturated heterocycles. The van der Waals surface area contributed by atoms with Crippen LogP contribution in [0.2, 0.25) is 5.02 Å². The van der Waals surface area contributed by atoms with E-state index in [1.165, 1.54) is 24.8 Å². The van der Waals surface area contributed by atoms with Crippen molar-refractivity contribution in [1.82, 2.24) is 0 Å². The minimum Gasteiger partial charge on any atom is -0.492 e. The van der Waals surface area contributed by atoms with Crippen molar-refractivity contribution in [3.8, 4) is 16.9 Å². The summed E-state index contributed by atoms with van der Waals surface area (Å²) in [7, 11) is 0. The second kappa shape index (κ2) is 14.5. The lowest BCUT2D eigenvalue weighted by atomic mass is 9.82. The molecule has 0 spiro atoms. The van der Waals surface area contributed by atoms with Gasteiger partial charge in [-0.2, -0.15) is 0 Å². The van der Waals surface area contributed by atoms with Crippen molar-refractivity contribution in [2.24, 2.45) is 0 Å². The van der Waals surface area contributed by atoms with Crippen LogP contribution in [-0.4, -0.2) is 24.9 Å². The van der Waals surface area contributed by atoms with Gasteiger partial charge in [0.05, 0.1) is 11.6 Å². The Morgan fingerprint density at radius 2 is 1.63 bits per heavy atom. The number of halogens is 2. The molecule has 35 heavy (non-hydrogen) atoms. The minimum atomic E-state index is -1.49. The van der Waals surface area contributed by atoms with Gasteiger partial charge in [-0.25, -0.2) is 9.18 Å². The van der Waals surface area contributed by atoms with E-state index in [-0.39, 0.29) is 12.5 Å². The average molecular weight is 503 g/mol. The molecule has 5 heteroatoms. The predicted octanol–water partition coefficient (Wildman–Crippen LogP) is 9.06. The van der Waals surface area contributed by atoms with E-state index >= 15 is 0 Å². The molecule has 0 radical (unpaired) electrons. The van der Waals surface area contributed by atoms with Gasteiger partial charge in [-0.05, 0) is 73.3 Å². The normalized spacial score (nSPS) is 18.7. The summed E-state index contributed by atoms with van der Waals surface area (Å²) in [6, 6.07) is 14.6. The summed E-state index contributed by atoms with van der Waals surface area (Å²) in [6.45, 7) is 4.89. The molecule has 1 fully saturated rings. The summed E-state index contributed by atoms with van der Waals surface area (Å²) in [5.41, 5.74) is 3.48. The Hall–Kier alpha value is -2.07. The van der Waals surface area contributed by atoms with Crippen LogP contribution in [0.15, 0.2) is 42.5 Å². The first-order valence-corrected chi connectivity index (χ1v) is 13.8. The fraction of sp³-hybridized carbons (Fsp3) is 0.567. The molecule has 1 aliphatic rings. The molecule has 1 aliphatic carbocycles. The summed E-state index contributed by atoms with van der Waals surface area (Å²) in [5.74, 6) is 0.496. The van der Waals surface area contributed by atoms with E-state index in [1.54, 1.807) is 0 Å². The van der Waals surface area contributed by atoms with E-state index in [4.69, 9.17) is 21.1 Å². The molecule has 192 valence electrons. The van der Waals surface area contributed by atoms with Crippen LogP contribution in [0.3, 0.4) is 0 Å². The Morgan fingerprint density at radius 1 is 0.943 bits per heavy atom. The first kappa shape index (κ1) is 27.5. The van der Waals surface area contributed by atoms with Crippen molar-refractivity contribution in [2.75, 3.05) is 6.61 Å². The van der Waals surface area contributed by atoms with Gasteiger partial charge in [0.15, 0.2) is 6.17 Å². The zero-order valence-electron chi connectivity index (χ0n) is 21.2. The molecule has 0 N–H and O–H groups in total. The number of carbonyl (C=O) groups is 1. The van der Waals surface area contributed by atoms with E-state index < -0.39 is 12.1 Å². The van der Waals surface area contributed by atoms with Crippen molar-refractivity contribution >= 4 is 17.6 Å². The van der Waals surface area contributed by atoms with E-state index in [0.717, 1.165) is 55.4 Å². The molecule has 0 heterocycles. The van der Waals surface area contributed by atoms with Gasteiger partial charge in [-0.3, -0.25) is 0 Å². The number of esters is 1. The van der Waals surface area contributed by atoms with Gasteiger partial charge in [0, 0.05) is 0 Å². The summed E-state index contributed by atoms with van der Waals surface area (Å²) in [5, 5.41) is 0.639. The van der Waals surface area contributed by atoms with Gasteiger partial charge in [-0.1, -0.05) is 87.9 Å². The Kier molecular flexibility index (Phi) is 11.4. The van der Waals surface area contributed by atoms with E-state index in [2.05, 4.69) is 37.3 Å². The molecule has 0 unspecified atom stereocenters. The minimum absolute atomic E-state index is 0.160. The van der Waals surface area contributed by atoms with Crippen molar-refractivity contribution in [3.63, 3.8) is 0 Å². The number of alkyl halides is 1. The number of hydrogen-bond acceptors (Lipinski definition) is 3. The fourth-order valence-electron chi connectivity index (χ4n) is 4.71. The third-order valence-electron chi connectivity index (χ3n) is 6.93. The lowest BCUT2D eigenvalue weighted by molar-refractivity contribution is -0.157. The number of benzene rings is 2. The maximum absolute atomic E-state index is 13.9. The molecule has 1 atom stereocenters. The molecular weight excluding hydrogens is 463 g/mol. The molecule has 2 aromatic carbocycles. The molecule has 0 amide bonds. The van der Waals surface area contributed by atoms with Crippen LogP contribution < -0.4 is 4.74 Å². The topological polar surface area (TPSA) is 35.5 Å². The molecule has 0 aliphatic heterocycles. The molecule has 3 nitrogen and oxygen atoms in total. The number of hydrogen-bond donors (Lipinski definition) is 0. The van der Waals surface area contributed by atoms with Crippen molar-refractivity contribution in [2.45, 2.75) is 103 Å². The molecule has 3 rings (SSSR count). The van der Waals surface area contributed by atoms with Crippen LogP contribution in [0.5, 0.6) is 5.75 Å². The van der Waals surface area contributed by atoms with Crippen molar-refractivity contribution in [3.05, 3.63) is 53.1 Å². The van der Waals surface area contributed by atoms with Crippen LogP contribution >= 0.6 is 11.6 Å². The van der Waals surface area contributed by atoms with Crippen LogP contribution in [0, 0.1) is 0 Å². The van der Waals surface area contributed by atoms with E-state index in [0.29, 0.717) is 24.0 Å². The third-order valence-corrected chi connectivity index (χ3v) is 7.22. The van der Waals surface area contributed by atoms with Crippen LogP contribution in [0.25, 0.3) is 11.1 Å². The second-order valence-corrected chi connectivity index (χ2v) is 10.1. The first-order valence-electron chi connectivity index (χ1n) is 13.4. The Bertz CT molecular complexity index is 906. The molecule has 2 aromatic rings. The van der Waals surface area contributed by atoms with Gasteiger partial charge in [-0.15, -0.1) is 0 Å². The Labute approximate surface area is 215 Å². The second-order valence-electron chi connectivity index (χ2n) is 9.70. The number of ether oxygens (including phenoxy) is 2. The molecule has 0 bridgehead atoms. The zero-order valence-corrected chi connectivity index (χ0v) is 22.0. The van der Waals surface area contributed by atoms with Gasteiger partial charge in [0.25, 0.3) is 0 Å². The highest BCUT2D eigenvalue weighted by Gasteiger charge is 2.27. The van der Waals surface area contributed by atoms with Crippen LogP contribution in [-0.2, 0) is 9.53 Å². The summed E-state index contributed by atoms with van der Waals surface area (Å²) in [4.78, 5) is 12.0. The summed E-state index contributed by atoms with van der Waals surface area (Å²) < 4.78 is 25.2. The highest BCUT2D eigenvalue weighted by Crippen LogP contribution is 2.36. The highest BCUT2D eigenvalue weighted by molar-refractivity contribution is 6.32. The quantitative estimate of drug-likeness (QED) is 0.202. The zero-order chi connectivity index (χ0) is 25.0. The van der Waals surface area contributed by atoms with Gasteiger partial charge in [0.2, 0.25) is 0 Å². The first-order chi connectivity index (χ1) is 17.0. The maximum atomic E-state index is 13.9. The Morgan fingerprint density at radius 3 is 2.29 bits per heavy atom. The van der Waals surface area contributed by atoms with Crippen LogP contribution in [0.1, 0.15) is 96.0 Å². The largest absolute Gasteiger partial charge is 0.492 e. The molecule has 1 saturated carbocycles. The number of carbonyl (C=O) groups excluding carboxylic acids is 1. The Balaban J connectivity index is 1.49. The monoisotopic (exact) mass is 502 g/mol. The van der Waals surface area contributed by atoms with Crippen molar-refractivity contribution < 1.29 is 18.7 Å². The van der Waals surface area contributed by atoms with E-state index in [1.807, 2.05) is 19.1 Å². The standard InChI is InChI=1S/C30H40ClFO3/c1-3-5-7-8-20-34-29-19-16-25(21-27(29)31)24-12-10-22(11-13-24)23-14-17-26(18-15-23)35-30(33)28(32)9-6-4-2/h10-13,16,19,21,23,26,28H,3-9,14-15,17-18,20H2,1-2H3/t23-,26-,28-/m0/s1. The lowest BCUT2D eigenvalue weighted by Crippen LogP contribution is -2.28. The van der Waals surface area contributed by atoms with Crippen molar-refractivity contribution in [1.29, 1.82) is 0 Å². The SMILES string of the molecule is CCCCCCOc1ccc(-c2ccc([C@H]3CC[C@H](OC(=O)[C@@H](F)CCCC)CC3)cc2)cc1Cl. The fourth-order valence-corrected chi connectivity index (χ4v) is 4.94. The van der Waals surface area contributed by atoms with E-state index in [9.17, 15) is 9.18 Å². The maximum Gasteiger partial charge on any atom is 0.340 e. The van der Waals surface area contributed by atoms with Gasteiger partial charge < -0.3 is 9.47 Å². The van der Waals surface area contributed by atoms with Gasteiger partial charge >= 0.3 is 5.97 Å². The smallest absolute Gasteiger partial charge is 0.340 e.